The van der Waals surface area contributed by atoms with Crippen LogP contribution in [0.25, 0.3) is 0 Å². The second-order valence-electron chi connectivity index (χ2n) is 3.98. The first-order valence-electron chi connectivity index (χ1n) is 6.13. The summed E-state index contributed by atoms with van der Waals surface area (Å²) in [4.78, 5) is 0. The minimum atomic E-state index is 0.283. The van der Waals surface area contributed by atoms with E-state index in [0.29, 0.717) is 0 Å². The molecule has 0 spiro atoms. The molecule has 1 aliphatic carbocycles. The molecule has 1 aliphatic rings. The van der Waals surface area contributed by atoms with Gasteiger partial charge in [0, 0.05) is 13.2 Å². The monoisotopic (exact) mass is 202 g/mol. The molecule has 14 heavy (non-hydrogen) atoms. The van der Waals surface area contributed by atoms with Crippen molar-refractivity contribution in [3.63, 3.8) is 0 Å². The Morgan fingerprint density at radius 1 is 0.500 bits per heavy atom. The number of hydrogen-bond donors (Lipinski definition) is 2. The molecular weight excluding hydrogens is 176 g/mol. The van der Waals surface area contributed by atoms with Crippen LogP contribution in [0.2, 0.25) is 0 Å². The van der Waals surface area contributed by atoms with Gasteiger partial charge in [-0.15, -0.1) is 0 Å². The molecule has 2 N–H and O–H groups in total. The Hall–Kier alpha value is -0.0800. The third kappa shape index (κ3) is 11.9. The molecule has 1 rings (SSSR count). The van der Waals surface area contributed by atoms with Crippen molar-refractivity contribution in [3.8, 4) is 0 Å². The highest BCUT2D eigenvalue weighted by Crippen LogP contribution is 2.15. The molecule has 1 saturated carbocycles. The second-order valence-corrected chi connectivity index (χ2v) is 3.98. The van der Waals surface area contributed by atoms with Crippen molar-refractivity contribution in [1.82, 2.24) is 0 Å². The van der Waals surface area contributed by atoms with Crippen LogP contribution in [0, 0.1) is 0 Å². The van der Waals surface area contributed by atoms with Crippen LogP contribution in [-0.4, -0.2) is 23.4 Å². The van der Waals surface area contributed by atoms with Crippen LogP contribution in [0.15, 0.2) is 0 Å². The van der Waals surface area contributed by atoms with Gasteiger partial charge in [-0.3, -0.25) is 0 Å². The molecule has 2 heteroatoms. The highest BCUT2D eigenvalue weighted by atomic mass is 16.3. The van der Waals surface area contributed by atoms with E-state index in [1.807, 2.05) is 0 Å². The minimum Gasteiger partial charge on any atom is -0.396 e. The molecular formula is C12H26O2. The first-order valence-corrected chi connectivity index (χ1v) is 6.13. The fraction of sp³-hybridized carbons (Fsp3) is 1.00. The zero-order valence-corrected chi connectivity index (χ0v) is 9.38. The summed E-state index contributed by atoms with van der Waals surface area (Å²) < 4.78 is 0. The quantitative estimate of drug-likeness (QED) is 0.673. The van der Waals surface area contributed by atoms with E-state index in [1.165, 1.54) is 38.5 Å². The maximum Gasteiger partial charge on any atom is 0.0431 e. The second kappa shape index (κ2) is 12.9. The third-order valence-corrected chi connectivity index (χ3v) is 2.57. The van der Waals surface area contributed by atoms with Gasteiger partial charge in [-0.2, -0.15) is 0 Å². The predicted octanol–water partition coefficient (Wildman–Crippen LogP) is 2.87. The Morgan fingerprint density at radius 3 is 1.00 bits per heavy atom. The fourth-order valence-corrected chi connectivity index (χ4v) is 1.64. The van der Waals surface area contributed by atoms with Gasteiger partial charge in [0.2, 0.25) is 0 Å². The molecule has 0 saturated heterocycles. The minimum absolute atomic E-state index is 0.283. The normalized spacial score (nSPS) is 15.9. The number of unbranched alkanes of at least 4 members (excludes halogenated alkanes) is 3. The lowest BCUT2D eigenvalue weighted by Crippen LogP contribution is -1.85. The van der Waals surface area contributed by atoms with Crippen LogP contribution in [0.3, 0.4) is 0 Å². The van der Waals surface area contributed by atoms with Crippen molar-refractivity contribution in [2.75, 3.05) is 13.2 Å². The zero-order valence-electron chi connectivity index (χ0n) is 9.38. The Morgan fingerprint density at radius 2 is 0.786 bits per heavy atom. The molecule has 0 heterocycles. The number of aliphatic hydroxyl groups excluding tert-OH is 2. The van der Waals surface area contributed by atoms with Crippen LogP contribution < -0.4 is 0 Å². The molecule has 2 nitrogen and oxygen atoms in total. The largest absolute Gasteiger partial charge is 0.396 e. The lowest BCUT2D eigenvalue weighted by molar-refractivity contribution is 0.265. The Bertz CT molecular complexity index is 72.8. The van der Waals surface area contributed by atoms with Crippen LogP contribution in [0.5, 0.6) is 0 Å². The van der Waals surface area contributed by atoms with E-state index in [1.54, 1.807) is 0 Å². The molecule has 0 radical (unpaired) electrons. The summed E-state index contributed by atoms with van der Waals surface area (Å²) in [6, 6.07) is 0. The van der Waals surface area contributed by atoms with Gasteiger partial charge >= 0.3 is 0 Å². The Kier molecular flexibility index (Phi) is 12.8. The van der Waals surface area contributed by atoms with E-state index in [-0.39, 0.29) is 13.2 Å². The van der Waals surface area contributed by atoms with Crippen molar-refractivity contribution in [2.45, 2.75) is 64.2 Å². The van der Waals surface area contributed by atoms with Gasteiger partial charge in [0.05, 0.1) is 0 Å². The van der Waals surface area contributed by atoms with Crippen LogP contribution >= 0.6 is 0 Å². The van der Waals surface area contributed by atoms with Crippen molar-refractivity contribution >= 4 is 0 Å². The van der Waals surface area contributed by atoms with Gasteiger partial charge in [0.1, 0.15) is 0 Å². The van der Waals surface area contributed by atoms with Crippen molar-refractivity contribution < 1.29 is 10.2 Å². The zero-order chi connectivity index (χ0) is 10.5. The lowest BCUT2D eigenvalue weighted by atomic mass is 10.0. The summed E-state index contributed by atoms with van der Waals surface area (Å²) in [5, 5.41) is 16.6. The maximum absolute atomic E-state index is 8.30. The number of hydrogen-bond acceptors (Lipinski definition) is 2. The summed E-state index contributed by atoms with van der Waals surface area (Å²) in [6.45, 7) is 0.566. The SMILES string of the molecule is C1CCCCC1.OCCCCCCO. The molecule has 0 aliphatic heterocycles. The van der Waals surface area contributed by atoms with Crippen LogP contribution in [-0.2, 0) is 0 Å². The molecule has 0 bridgehead atoms. The highest BCUT2D eigenvalue weighted by molar-refractivity contribution is 4.51. The molecule has 0 unspecified atom stereocenters. The van der Waals surface area contributed by atoms with Gasteiger partial charge in [-0.25, -0.2) is 0 Å². The smallest absolute Gasteiger partial charge is 0.0431 e. The van der Waals surface area contributed by atoms with Crippen molar-refractivity contribution in [1.29, 1.82) is 0 Å². The van der Waals surface area contributed by atoms with E-state index in [4.69, 9.17) is 10.2 Å². The standard InChI is InChI=1S/C6H14O2.C6H12/c7-5-3-1-2-4-6-8;1-2-4-6-5-3-1/h7-8H,1-6H2;1-6H2. The summed E-state index contributed by atoms with van der Waals surface area (Å²) in [6.07, 6.45) is 12.8. The van der Waals surface area contributed by atoms with E-state index in [9.17, 15) is 0 Å². The van der Waals surface area contributed by atoms with Gasteiger partial charge < -0.3 is 10.2 Å². The maximum atomic E-state index is 8.30. The predicted molar refractivity (Wildman–Crippen MR) is 60.3 cm³/mol. The fourth-order valence-electron chi connectivity index (χ4n) is 1.64. The first-order chi connectivity index (χ1) is 6.91. The molecule has 0 aromatic carbocycles. The van der Waals surface area contributed by atoms with E-state index in [2.05, 4.69) is 0 Å². The average molecular weight is 202 g/mol. The van der Waals surface area contributed by atoms with Crippen LogP contribution in [0.4, 0.5) is 0 Å². The van der Waals surface area contributed by atoms with E-state index in [0.717, 1.165) is 25.7 Å². The van der Waals surface area contributed by atoms with Gasteiger partial charge in [0.25, 0.3) is 0 Å². The van der Waals surface area contributed by atoms with Crippen molar-refractivity contribution in [2.24, 2.45) is 0 Å². The molecule has 1 fully saturated rings. The Labute approximate surface area is 88.3 Å². The van der Waals surface area contributed by atoms with Gasteiger partial charge in [0.15, 0.2) is 0 Å². The summed E-state index contributed by atoms with van der Waals surface area (Å²) in [5.41, 5.74) is 0. The molecule has 0 aromatic heterocycles. The van der Waals surface area contributed by atoms with E-state index >= 15 is 0 Å². The summed E-state index contributed by atoms with van der Waals surface area (Å²) in [5.74, 6) is 0. The molecule has 0 amide bonds. The van der Waals surface area contributed by atoms with Crippen LogP contribution in [0.1, 0.15) is 64.2 Å². The topological polar surface area (TPSA) is 40.5 Å². The number of aliphatic hydroxyl groups is 2. The number of rotatable bonds is 5. The molecule has 86 valence electrons. The third-order valence-electron chi connectivity index (χ3n) is 2.57. The Balaban J connectivity index is 0.000000249. The lowest BCUT2D eigenvalue weighted by Gasteiger charge is -2.05. The average Bonchev–Trinajstić information content (AvgIpc) is 2.28. The first kappa shape index (κ1) is 13.9. The summed E-state index contributed by atoms with van der Waals surface area (Å²) >= 11 is 0. The molecule has 0 atom stereocenters. The van der Waals surface area contributed by atoms with Crippen molar-refractivity contribution in [3.05, 3.63) is 0 Å². The molecule has 0 aromatic rings. The van der Waals surface area contributed by atoms with Gasteiger partial charge in [-0.1, -0.05) is 51.4 Å². The van der Waals surface area contributed by atoms with Gasteiger partial charge in [-0.05, 0) is 12.8 Å². The highest BCUT2D eigenvalue weighted by Gasteiger charge is 1.95. The van der Waals surface area contributed by atoms with E-state index < -0.39 is 0 Å². The summed E-state index contributed by atoms with van der Waals surface area (Å²) in [7, 11) is 0.